The Morgan fingerprint density at radius 1 is 1.03 bits per heavy atom. The van der Waals surface area contributed by atoms with Gasteiger partial charge in [-0.25, -0.2) is 0 Å². The highest BCUT2D eigenvalue weighted by atomic mass is 19.4. The lowest BCUT2D eigenvalue weighted by Gasteiger charge is -2.33. The Morgan fingerprint density at radius 3 is 2.38 bits per heavy atom. The predicted octanol–water partition coefficient (Wildman–Crippen LogP) is 3.36. The lowest BCUT2D eigenvalue weighted by atomic mass is 9.82. The summed E-state index contributed by atoms with van der Waals surface area (Å²) in [6.07, 6.45) is -9.18. The Balaban J connectivity index is 1.16. The predicted molar refractivity (Wildman–Crippen MR) is 90.7 cm³/mol. The highest BCUT2D eigenvalue weighted by Gasteiger charge is 2.46. The summed E-state index contributed by atoms with van der Waals surface area (Å²) >= 11 is 0. The number of rotatable bonds is 7. The zero-order chi connectivity index (χ0) is 23.1. The second kappa shape index (κ2) is 8.78. The number of alkyl halides is 6. The van der Waals surface area contributed by atoms with Crippen LogP contribution < -0.4 is 5.32 Å². The average molecular weight is 473 g/mol. The van der Waals surface area contributed by atoms with Crippen molar-refractivity contribution in [1.82, 2.24) is 15.5 Å². The number of ether oxygens (including phenoxy) is 3. The maximum absolute atomic E-state index is 12.2. The highest BCUT2D eigenvalue weighted by Crippen LogP contribution is 2.42. The second-order valence-corrected chi connectivity index (χ2v) is 8.30. The molecule has 3 fully saturated rings. The number of aromatic nitrogens is 2. The van der Waals surface area contributed by atoms with E-state index in [1.807, 2.05) is 0 Å². The van der Waals surface area contributed by atoms with Crippen molar-refractivity contribution in [3.05, 3.63) is 11.8 Å². The molecular weight excluding hydrogens is 452 g/mol. The van der Waals surface area contributed by atoms with Crippen LogP contribution in [0.3, 0.4) is 0 Å². The molecule has 1 aromatic heterocycles. The van der Waals surface area contributed by atoms with Crippen LogP contribution in [0.1, 0.15) is 55.9 Å². The van der Waals surface area contributed by atoms with E-state index in [1.54, 1.807) is 0 Å². The van der Waals surface area contributed by atoms with Gasteiger partial charge in [0.1, 0.15) is 6.10 Å². The van der Waals surface area contributed by atoms with E-state index in [1.165, 1.54) is 0 Å². The molecule has 32 heavy (non-hydrogen) atoms. The van der Waals surface area contributed by atoms with Crippen LogP contribution >= 0.6 is 0 Å². The van der Waals surface area contributed by atoms with Gasteiger partial charge in [0.2, 0.25) is 17.7 Å². The van der Waals surface area contributed by atoms with Gasteiger partial charge in [-0.15, -0.1) is 36.5 Å². The van der Waals surface area contributed by atoms with E-state index in [0.717, 1.165) is 0 Å². The Bertz CT molecular complexity index is 802. The zero-order valence-corrected chi connectivity index (χ0v) is 16.6. The fourth-order valence-corrected chi connectivity index (χ4v) is 3.92. The molecule has 1 aromatic rings. The average Bonchev–Trinajstić information content (AvgIpc) is 3.29. The van der Waals surface area contributed by atoms with E-state index < -0.39 is 43.4 Å². The van der Waals surface area contributed by atoms with Crippen LogP contribution in [-0.2, 0) is 19.0 Å². The summed E-state index contributed by atoms with van der Waals surface area (Å²) in [4.78, 5) is 12.2. The number of nitrogens with zero attached hydrogens (tertiary/aromatic N) is 2. The monoisotopic (exact) mass is 473 g/mol. The second-order valence-electron chi connectivity index (χ2n) is 8.30. The minimum Gasteiger partial charge on any atom is -0.422 e. The summed E-state index contributed by atoms with van der Waals surface area (Å²) < 4.78 is 91.7. The van der Waals surface area contributed by atoms with Gasteiger partial charge in [-0.2, -0.15) is 0 Å². The zero-order valence-electron chi connectivity index (χ0n) is 16.6. The van der Waals surface area contributed by atoms with Crippen molar-refractivity contribution >= 4 is 5.91 Å². The molecule has 0 radical (unpaired) electrons. The number of carbonyl (C=O) groups is 1. The highest BCUT2D eigenvalue weighted by molar-refractivity contribution is 5.81. The molecule has 8 nitrogen and oxygen atoms in total. The van der Waals surface area contributed by atoms with Gasteiger partial charge in [0.05, 0.1) is 25.4 Å². The van der Waals surface area contributed by atoms with Crippen molar-refractivity contribution in [1.29, 1.82) is 0 Å². The van der Waals surface area contributed by atoms with Gasteiger partial charge in [-0.05, 0) is 38.0 Å². The van der Waals surface area contributed by atoms with Crippen LogP contribution in [0.25, 0.3) is 0 Å². The van der Waals surface area contributed by atoms with Gasteiger partial charge in [0, 0.05) is 11.8 Å². The van der Waals surface area contributed by atoms with Gasteiger partial charge in [-0.1, -0.05) is 0 Å². The molecule has 2 heterocycles. The first-order valence-electron chi connectivity index (χ1n) is 10.2. The summed E-state index contributed by atoms with van der Waals surface area (Å²) in [6, 6.07) is -0.294. The third-order valence-electron chi connectivity index (χ3n) is 5.82. The SMILES string of the molecule is O=C(N[C@H]1CC[C@H](c2nnc(C3CC(OC(F)(F)F)C3)o2)OC1)[C@H]1C[C@@H]1COC(F)(F)F. The lowest BCUT2D eigenvalue weighted by Crippen LogP contribution is -2.42. The van der Waals surface area contributed by atoms with Crippen LogP contribution in [0, 0.1) is 11.8 Å². The van der Waals surface area contributed by atoms with Gasteiger partial charge in [-0.3, -0.25) is 14.3 Å². The van der Waals surface area contributed by atoms with Crippen molar-refractivity contribution in [3.8, 4) is 0 Å². The molecule has 1 amide bonds. The van der Waals surface area contributed by atoms with Crippen LogP contribution in [0.2, 0.25) is 0 Å². The van der Waals surface area contributed by atoms with E-state index in [9.17, 15) is 31.1 Å². The molecule has 180 valence electrons. The van der Waals surface area contributed by atoms with Crippen LogP contribution in [0.15, 0.2) is 4.42 Å². The summed E-state index contributed by atoms with van der Waals surface area (Å²) in [5.41, 5.74) is 0. The van der Waals surface area contributed by atoms with Crippen molar-refractivity contribution in [2.24, 2.45) is 11.8 Å². The molecule has 0 aromatic carbocycles. The molecule has 1 saturated heterocycles. The van der Waals surface area contributed by atoms with E-state index in [0.29, 0.717) is 19.3 Å². The molecule has 14 heteroatoms. The first-order chi connectivity index (χ1) is 15.0. The van der Waals surface area contributed by atoms with Crippen molar-refractivity contribution < 1.29 is 49.8 Å². The van der Waals surface area contributed by atoms with Gasteiger partial charge >= 0.3 is 12.7 Å². The van der Waals surface area contributed by atoms with Gasteiger partial charge in [0.25, 0.3) is 0 Å². The molecule has 0 spiro atoms. The normalized spacial score (nSPS) is 32.9. The van der Waals surface area contributed by atoms with E-state index >= 15 is 0 Å². The van der Waals surface area contributed by atoms with Crippen LogP contribution in [0.5, 0.6) is 0 Å². The van der Waals surface area contributed by atoms with Gasteiger partial charge < -0.3 is 14.5 Å². The number of amides is 1. The van der Waals surface area contributed by atoms with Crippen LogP contribution in [-0.4, -0.2) is 54.2 Å². The van der Waals surface area contributed by atoms with E-state index in [4.69, 9.17) is 9.15 Å². The Morgan fingerprint density at radius 2 is 1.75 bits per heavy atom. The van der Waals surface area contributed by atoms with Crippen molar-refractivity contribution in [3.63, 3.8) is 0 Å². The van der Waals surface area contributed by atoms with Gasteiger partial charge in [0.15, 0.2) is 0 Å². The van der Waals surface area contributed by atoms with Crippen molar-refractivity contribution in [2.45, 2.75) is 69.0 Å². The lowest BCUT2D eigenvalue weighted by molar-refractivity contribution is -0.352. The standard InChI is InChI=1S/C18H21F6N3O5/c19-17(20,21)30-6-9-5-12(9)14(28)25-10-1-2-13(29-7-10)16-27-26-15(31-16)8-3-11(4-8)32-18(22,23)24/h8-13H,1-7H2,(H,25,28)/t8?,9-,10+,11?,12+,13-/m1/s1. The summed E-state index contributed by atoms with van der Waals surface area (Å²) in [6.45, 7) is -0.371. The Kier molecular flexibility index (Phi) is 6.38. The Hall–Kier alpha value is -1.93. The molecule has 4 rings (SSSR count). The molecule has 4 atom stereocenters. The third kappa shape index (κ3) is 6.10. The number of hydrogen-bond donors (Lipinski definition) is 1. The topological polar surface area (TPSA) is 95.7 Å². The third-order valence-corrected chi connectivity index (χ3v) is 5.82. The minimum atomic E-state index is -4.71. The smallest absolute Gasteiger partial charge is 0.422 e. The maximum atomic E-state index is 12.2. The van der Waals surface area contributed by atoms with E-state index in [2.05, 4.69) is 25.0 Å². The minimum absolute atomic E-state index is 0.136. The summed E-state index contributed by atoms with van der Waals surface area (Å²) in [5.74, 6) is -1.11. The molecule has 2 saturated carbocycles. The first-order valence-corrected chi connectivity index (χ1v) is 10.2. The van der Waals surface area contributed by atoms with Crippen LogP contribution in [0.4, 0.5) is 26.3 Å². The molecule has 1 aliphatic heterocycles. The molecule has 0 bridgehead atoms. The first kappa shape index (κ1) is 23.2. The molecule has 3 aliphatic rings. The maximum Gasteiger partial charge on any atom is 0.522 e. The van der Waals surface area contributed by atoms with Crippen molar-refractivity contribution in [2.75, 3.05) is 13.2 Å². The number of nitrogens with one attached hydrogen (secondary N) is 1. The number of hydrogen-bond acceptors (Lipinski definition) is 7. The molecule has 1 N–H and O–H groups in total. The fraction of sp³-hybridized carbons (Fsp3) is 0.833. The summed E-state index contributed by atoms with van der Waals surface area (Å²) in [5, 5.41) is 10.6. The molecule has 2 aliphatic carbocycles. The quantitative estimate of drug-likeness (QED) is 0.607. The Labute approximate surface area is 178 Å². The fourth-order valence-electron chi connectivity index (χ4n) is 3.92. The number of halogens is 6. The summed E-state index contributed by atoms with van der Waals surface area (Å²) in [7, 11) is 0. The van der Waals surface area contributed by atoms with E-state index in [-0.39, 0.29) is 49.1 Å². The number of carbonyl (C=O) groups excluding carboxylic acids is 1. The largest absolute Gasteiger partial charge is 0.522 e. The molecular formula is C18H21F6N3O5. The molecule has 0 unspecified atom stereocenters.